The van der Waals surface area contributed by atoms with Crippen molar-refractivity contribution in [3.8, 4) is 0 Å². The Hall–Kier alpha value is -1.43. The lowest BCUT2D eigenvalue weighted by Crippen LogP contribution is -2.11. The first-order valence-electron chi connectivity index (χ1n) is 4.74. The second-order valence-corrected chi connectivity index (χ2v) is 4.06. The summed E-state index contributed by atoms with van der Waals surface area (Å²) in [6.07, 6.45) is -4.70. The number of aromatic nitrogens is 1. The van der Waals surface area contributed by atoms with Crippen LogP contribution in [0.3, 0.4) is 0 Å². The van der Waals surface area contributed by atoms with Gasteiger partial charge in [0.05, 0.1) is 10.5 Å². The zero-order valence-corrected chi connectivity index (χ0v) is 9.63. The molecule has 0 radical (unpaired) electrons. The van der Waals surface area contributed by atoms with Gasteiger partial charge >= 0.3 is 6.18 Å². The van der Waals surface area contributed by atoms with Crippen LogP contribution in [0.4, 0.5) is 22.0 Å². The van der Waals surface area contributed by atoms with E-state index in [1.165, 1.54) is 0 Å². The van der Waals surface area contributed by atoms with Gasteiger partial charge in [-0.25, -0.2) is 13.8 Å². The van der Waals surface area contributed by atoms with E-state index in [-0.39, 0.29) is 21.5 Å². The van der Waals surface area contributed by atoms with Crippen LogP contribution in [0.25, 0.3) is 10.9 Å². The van der Waals surface area contributed by atoms with Crippen molar-refractivity contribution in [3.05, 3.63) is 40.0 Å². The number of pyridine rings is 1. The van der Waals surface area contributed by atoms with Gasteiger partial charge < -0.3 is 0 Å². The monoisotopic (exact) mass is 281 g/mol. The van der Waals surface area contributed by atoms with E-state index >= 15 is 0 Å². The Morgan fingerprint density at radius 2 is 1.67 bits per heavy atom. The fourth-order valence-corrected chi connectivity index (χ4v) is 1.83. The van der Waals surface area contributed by atoms with Crippen LogP contribution in [-0.2, 0) is 6.18 Å². The maximum Gasteiger partial charge on any atom is 0.433 e. The number of benzene rings is 1. The first-order chi connectivity index (χ1) is 8.21. The molecule has 18 heavy (non-hydrogen) atoms. The first-order valence-corrected chi connectivity index (χ1v) is 5.11. The Bertz CT molecular complexity index is 636. The molecule has 0 aliphatic heterocycles. The number of hydrogen-bond donors (Lipinski definition) is 0. The lowest BCUT2D eigenvalue weighted by Gasteiger charge is -2.12. The van der Waals surface area contributed by atoms with Gasteiger partial charge in [-0.1, -0.05) is 11.6 Å². The van der Waals surface area contributed by atoms with Crippen molar-refractivity contribution in [1.29, 1.82) is 0 Å². The largest absolute Gasteiger partial charge is 0.433 e. The zero-order valence-electron chi connectivity index (χ0n) is 8.87. The minimum atomic E-state index is -4.70. The molecule has 0 aliphatic carbocycles. The van der Waals surface area contributed by atoms with Crippen molar-refractivity contribution in [3.63, 3.8) is 0 Å². The van der Waals surface area contributed by atoms with Gasteiger partial charge in [-0.05, 0) is 18.6 Å². The molecule has 0 amide bonds. The average Bonchev–Trinajstić information content (AvgIpc) is 2.25. The van der Waals surface area contributed by atoms with Crippen LogP contribution in [-0.4, -0.2) is 4.98 Å². The van der Waals surface area contributed by atoms with E-state index in [4.69, 9.17) is 11.6 Å². The van der Waals surface area contributed by atoms with Crippen molar-refractivity contribution < 1.29 is 22.0 Å². The summed E-state index contributed by atoms with van der Waals surface area (Å²) in [5.41, 5.74) is -1.86. The third-order valence-electron chi connectivity index (χ3n) is 2.46. The number of hydrogen-bond acceptors (Lipinski definition) is 1. The molecule has 0 aliphatic rings. The summed E-state index contributed by atoms with van der Waals surface area (Å²) in [6.45, 7) is 1.12. The number of nitrogens with zero attached hydrogens (tertiary/aromatic N) is 1. The first kappa shape index (κ1) is 13.0. The summed E-state index contributed by atoms with van der Waals surface area (Å²) in [7, 11) is 0. The lowest BCUT2D eigenvalue weighted by atomic mass is 10.1. The third kappa shape index (κ3) is 2.01. The van der Waals surface area contributed by atoms with E-state index < -0.39 is 23.5 Å². The third-order valence-corrected chi connectivity index (χ3v) is 2.95. The number of halogens is 6. The molecule has 2 rings (SSSR count). The van der Waals surface area contributed by atoms with Crippen LogP contribution in [0, 0.1) is 18.6 Å². The van der Waals surface area contributed by atoms with Gasteiger partial charge in [0, 0.05) is 11.5 Å². The summed E-state index contributed by atoms with van der Waals surface area (Å²) in [5.74, 6) is -2.46. The lowest BCUT2D eigenvalue weighted by molar-refractivity contribution is -0.141. The van der Waals surface area contributed by atoms with Gasteiger partial charge in [0.25, 0.3) is 0 Å². The maximum absolute atomic E-state index is 13.0. The van der Waals surface area contributed by atoms with Crippen LogP contribution < -0.4 is 0 Å². The number of fused-ring (bicyclic) bond motifs is 1. The van der Waals surface area contributed by atoms with Gasteiger partial charge in [0.2, 0.25) is 0 Å². The Labute approximate surface area is 103 Å². The quantitative estimate of drug-likeness (QED) is 0.648. The predicted octanol–water partition coefficient (Wildman–Crippen LogP) is 4.49. The summed E-state index contributed by atoms with van der Waals surface area (Å²) < 4.78 is 63.9. The molecule has 1 nitrogen and oxygen atoms in total. The van der Waals surface area contributed by atoms with E-state index in [9.17, 15) is 22.0 Å². The van der Waals surface area contributed by atoms with Crippen LogP contribution in [0.2, 0.25) is 5.02 Å². The van der Waals surface area contributed by atoms with E-state index in [1.807, 2.05) is 0 Å². The molecule has 0 atom stereocenters. The Balaban J connectivity index is 2.88. The van der Waals surface area contributed by atoms with E-state index in [0.717, 1.165) is 13.0 Å². The summed E-state index contributed by atoms with van der Waals surface area (Å²) in [6, 6.07) is 1.32. The predicted molar refractivity (Wildman–Crippen MR) is 56.4 cm³/mol. The fourth-order valence-electron chi connectivity index (χ4n) is 1.59. The van der Waals surface area contributed by atoms with E-state index in [2.05, 4.69) is 4.98 Å². The van der Waals surface area contributed by atoms with Crippen molar-refractivity contribution in [2.45, 2.75) is 13.1 Å². The summed E-state index contributed by atoms with van der Waals surface area (Å²) >= 11 is 5.73. The number of alkyl halides is 3. The van der Waals surface area contributed by atoms with Crippen molar-refractivity contribution >= 4 is 22.5 Å². The molecular weight excluding hydrogens is 277 g/mol. The fraction of sp³-hybridized carbons (Fsp3) is 0.182. The van der Waals surface area contributed by atoms with Crippen molar-refractivity contribution in [2.24, 2.45) is 0 Å². The minimum absolute atomic E-state index is 0.0546. The molecule has 0 saturated carbocycles. The highest BCUT2D eigenvalue weighted by atomic mass is 35.5. The van der Waals surface area contributed by atoms with Gasteiger partial charge in [-0.3, -0.25) is 0 Å². The Morgan fingerprint density at radius 3 is 2.22 bits per heavy atom. The summed E-state index contributed by atoms with van der Waals surface area (Å²) in [4.78, 5) is 3.29. The van der Waals surface area contributed by atoms with Gasteiger partial charge in [0.1, 0.15) is 5.69 Å². The Morgan fingerprint density at radius 1 is 1.11 bits per heavy atom. The molecular formula is C11H5ClF5N. The normalized spacial score (nSPS) is 12.2. The molecule has 1 aromatic heterocycles. The standard InChI is InChI=1S/C11H5ClF5N/c1-4-9(12)5-2-6(13)7(14)3-8(5)18-10(4)11(15,16)17/h2-3H,1H3. The smallest absolute Gasteiger partial charge is 0.243 e. The molecule has 0 bridgehead atoms. The zero-order chi connectivity index (χ0) is 13.7. The van der Waals surface area contributed by atoms with Crippen molar-refractivity contribution in [1.82, 2.24) is 4.98 Å². The molecule has 0 N–H and O–H groups in total. The molecule has 0 unspecified atom stereocenters. The molecule has 1 heterocycles. The van der Waals surface area contributed by atoms with E-state index in [0.29, 0.717) is 6.07 Å². The van der Waals surface area contributed by atoms with Crippen LogP contribution in [0.5, 0.6) is 0 Å². The second kappa shape index (κ2) is 4.05. The van der Waals surface area contributed by atoms with Gasteiger partial charge in [0.15, 0.2) is 11.6 Å². The van der Waals surface area contributed by atoms with Crippen LogP contribution in [0.1, 0.15) is 11.3 Å². The van der Waals surface area contributed by atoms with Gasteiger partial charge in [-0.15, -0.1) is 0 Å². The highest BCUT2D eigenvalue weighted by molar-refractivity contribution is 6.36. The Kier molecular flexibility index (Phi) is 2.93. The maximum atomic E-state index is 13.0. The van der Waals surface area contributed by atoms with Crippen LogP contribution >= 0.6 is 11.6 Å². The van der Waals surface area contributed by atoms with Crippen LogP contribution in [0.15, 0.2) is 12.1 Å². The molecule has 0 spiro atoms. The van der Waals surface area contributed by atoms with Gasteiger partial charge in [-0.2, -0.15) is 13.2 Å². The molecule has 0 fully saturated rings. The molecule has 7 heteroatoms. The van der Waals surface area contributed by atoms with Crippen molar-refractivity contribution in [2.75, 3.05) is 0 Å². The molecule has 0 saturated heterocycles. The summed E-state index contributed by atoms with van der Waals surface area (Å²) in [5, 5.41) is -0.340. The minimum Gasteiger partial charge on any atom is -0.243 e. The highest BCUT2D eigenvalue weighted by Crippen LogP contribution is 2.37. The highest BCUT2D eigenvalue weighted by Gasteiger charge is 2.36. The molecule has 1 aromatic carbocycles. The SMILES string of the molecule is Cc1c(C(F)(F)F)nc2cc(F)c(F)cc2c1Cl. The number of rotatable bonds is 0. The topological polar surface area (TPSA) is 12.9 Å². The molecule has 2 aromatic rings. The average molecular weight is 282 g/mol. The second-order valence-electron chi connectivity index (χ2n) is 3.68. The molecule has 96 valence electrons. The van der Waals surface area contributed by atoms with E-state index in [1.54, 1.807) is 0 Å².